The van der Waals surface area contributed by atoms with Gasteiger partial charge in [0.1, 0.15) is 5.76 Å². The van der Waals surface area contributed by atoms with Crippen LogP contribution in [0.2, 0.25) is 0 Å². The molecule has 0 spiro atoms. The summed E-state index contributed by atoms with van der Waals surface area (Å²) in [5.41, 5.74) is 1.09. The van der Waals surface area contributed by atoms with Crippen molar-refractivity contribution in [1.29, 1.82) is 0 Å². The monoisotopic (exact) mass is 500 g/mol. The number of benzene rings is 1. The second-order valence-electron chi connectivity index (χ2n) is 8.39. The van der Waals surface area contributed by atoms with Crippen LogP contribution in [0, 0.1) is 0 Å². The first-order valence-electron chi connectivity index (χ1n) is 11.7. The molecule has 0 amide bonds. The third kappa shape index (κ3) is 6.53. The van der Waals surface area contributed by atoms with Crippen molar-refractivity contribution in [2.45, 2.75) is 19.5 Å². The van der Waals surface area contributed by atoms with E-state index in [0.717, 1.165) is 57.0 Å². The van der Waals surface area contributed by atoms with Gasteiger partial charge in [-0.1, -0.05) is 0 Å². The number of hydrogen-bond acceptors (Lipinski definition) is 7. The summed E-state index contributed by atoms with van der Waals surface area (Å²) in [5, 5.41) is 4.78. The minimum absolute atomic E-state index is 0.177. The second-order valence-corrected chi connectivity index (χ2v) is 8.78. The first kappa shape index (κ1) is 25.0. The molecule has 35 heavy (non-hydrogen) atoms. The SMILES string of the molecule is COc1cc2cc(CN(Cc3ccco3)C(=S)NCCCN3CCOCC3)c(=O)[nH]c2cc1OC. The van der Waals surface area contributed by atoms with Gasteiger partial charge in [-0.15, -0.1) is 0 Å². The number of pyridine rings is 1. The van der Waals surface area contributed by atoms with Gasteiger partial charge in [0, 0.05) is 36.7 Å². The van der Waals surface area contributed by atoms with Gasteiger partial charge >= 0.3 is 0 Å². The number of hydrogen-bond donors (Lipinski definition) is 2. The maximum absolute atomic E-state index is 12.9. The Balaban J connectivity index is 1.47. The summed E-state index contributed by atoms with van der Waals surface area (Å²) in [6.07, 6.45) is 2.60. The normalized spacial score (nSPS) is 14.1. The van der Waals surface area contributed by atoms with Crippen molar-refractivity contribution in [3.05, 3.63) is 58.3 Å². The minimum atomic E-state index is -0.177. The summed E-state index contributed by atoms with van der Waals surface area (Å²) in [6, 6.07) is 9.23. The Kier molecular flexibility index (Phi) is 8.62. The zero-order chi connectivity index (χ0) is 24.6. The summed E-state index contributed by atoms with van der Waals surface area (Å²) in [5.74, 6) is 1.93. The number of methoxy groups -OCH3 is 2. The highest BCUT2D eigenvalue weighted by Gasteiger charge is 2.17. The molecule has 2 aromatic heterocycles. The van der Waals surface area contributed by atoms with E-state index in [9.17, 15) is 4.79 Å². The molecular formula is C25H32N4O5S. The Morgan fingerprint density at radius 1 is 1.17 bits per heavy atom. The fourth-order valence-electron chi connectivity index (χ4n) is 4.13. The number of H-pyrrole nitrogens is 1. The van der Waals surface area contributed by atoms with E-state index in [1.807, 2.05) is 29.2 Å². The standard InChI is InChI=1S/C25H32N4O5S/c1-31-22-14-18-13-19(24(30)27-21(18)15-23(22)32-2)16-29(17-20-5-3-10-34-20)25(35)26-6-4-7-28-8-11-33-12-9-28/h3,5,10,13-15H,4,6-9,11-12,16-17H2,1-2H3,(H,26,35)(H,27,30). The van der Waals surface area contributed by atoms with Crippen LogP contribution < -0.4 is 20.3 Å². The van der Waals surface area contributed by atoms with Crippen molar-refractivity contribution >= 4 is 28.2 Å². The number of nitrogens with one attached hydrogen (secondary N) is 2. The molecule has 1 aliphatic heterocycles. The number of rotatable bonds is 10. The molecule has 188 valence electrons. The predicted molar refractivity (Wildman–Crippen MR) is 138 cm³/mol. The molecule has 4 rings (SSSR count). The molecule has 9 nitrogen and oxygen atoms in total. The Morgan fingerprint density at radius 3 is 2.66 bits per heavy atom. The first-order chi connectivity index (χ1) is 17.1. The lowest BCUT2D eigenvalue weighted by Gasteiger charge is -2.27. The topological polar surface area (TPSA) is 92.2 Å². The molecule has 0 unspecified atom stereocenters. The average molecular weight is 501 g/mol. The zero-order valence-corrected chi connectivity index (χ0v) is 21.0. The number of furan rings is 1. The smallest absolute Gasteiger partial charge is 0.253 e. The number of aromatic nitrogens is 1. The maximum Gasteiger partial charge on any atom is 0.253 e. The lowest BCUT2D eigenvalue weighted by molar-refractivity contribution is 0.0376. The van der Waals surface area contributed by atoms with E-state index >= 15 is 0 Å². The predicted octanol–water partition coefficient (Wildman–Crippen LogP) is 2.74. The third-order valence-electron chi connectivity index (χ3n) is 6.03. The van der Waals surface area contributed by atoms with E-state index in [-0.39, 0.29) is 5.56 Å². The molecule has 0 saturated carbocycles. The van der Waals surface area contributed by atoms with Crippen LogP contribution in [-0.4, -0.2) is 73.5 Å². The highest BCUT2D eigenvalue weighted by molar-refractivity contribution is 7.80. The Morgan fingerprint density at radius 2 is 1.94 bits per heavy atom. The average Bonchev–Trinajstić information content (AvgIpc) is 3.39. The third-order valence-corrected chi connectivity index (χ3v) is 6.43. The van der Waals surface area contributed by atoms with Crippen molar-refractivity contribution in [2.24, 2.45) is 0 Å². The van der Waals surface area contributed by atoms with Gasteiger partial charge in [0.15, 0.2) is 16.6 Å². The van der Waals surface area contributed by atoms with Crippen LogP contribution in [0.1, 0.15) is 17.7 Å². The van der Waals surface area contributed by atoms with Crippen molar-refractivity contribution in [3.63, 3.8) is 0 Å². The molecule has 0 radical (unpaired) electrons. The summed E-state index contributed by atoms with van der Waals surface area (Å²) in [6.45, 7) is 6.04. The van der Waals surface area contributed by atoms with Crippen LogP contribution in [0.3, 0.4) is 0 Å². The summed E-state index contributed by atoms with van der Waals surface area (Å²) in [7, 11) is 3.15. The molecule has 0 aliphatic carbocycles. The molecule has 1 aromatic carbocycles. The van der Waals surface area contributed by atoms with E-state index in [2.05, 4.69) is 15.2 Å². The molecule has 3 heterocycles. The van der Waals surface area contributed by atoms with E-state index in [1.54, 1.807) is 26.5 Å². The number of nitrogens with zero attached hydrogens (tertiary/aromatic N) is 2. The molecule has 2 N–H and O–H groups in total. The van der Waals surface area contributed by atoms with Crippen LogP contribution >= 0.6 is 12.2 Å². The molecular weight excluding hydrogens is 468 g/mol. The molecule has 1 saturated heterocycles. The number of fused-ring (bicyclic) bond motifs is 1. The fourth-order valence-corrected chi connectivity index (χ4v) is 4.36. The number of thiocarbonyl (C=S) groups is 1. The summed E-state index contributed by atoms with van der Waals surface area (Å²) < 4.78 is 21.7. The highest BCUT2D eigenvalue weighted by atomic mass is 32.1. The Hall–Kier alpha value is -3.08. The van der Waals surface area contributed by atoms with E-state index in [1.165, 1.54) is 0 Å². The van der Waals surface area contributed by atoms with Crippen LogP contribution in [0.25, 0.3) is 10.9 Å². The molecule has 10 heteroatoms. The van der Waals surface area contributed by atoms with Gasteiger partial charge in [-0.3, -0.25) is 9.69 Å². The van der Waals surface area contributed by atoms with Gasteiger partial charge < -0.3 is 33.8 Å². The van der Waals surface area contributed by atoms with Crippen molar-refractivity contribution < 1.29 is 18.6 Å². The summed E-state index contributed by atoms with van der Waals surface area (Å²) >= 11 is 5.72. The van der Waals surface area contributed by atoms with E-state index < -0.39 is 0 Å². The lowest BCUT2D eigenvalue weighted by Crippen LogP contribution is -2.42. The molecule has 0 bridgehead atoms. The van der Waals surface area contributed by atoms with Gasteiger partial charge in [0.05, 0.1) is 52.3 Å². The lowest BCUT2D eigenvalue weighted by atomic mass is 10.1. The second kappa shape index (κ2) is 12.1. The van der Waals surface area contributed by atoms with Gasteiger partial charge in [-0.2, -0.15) is 0 Å². The van der Waals surface area contributed by atoms with Gasteiger partial charge in [0.2, 0.25) is 0 Å². The maximum atomic E-state index is 12.9. The quantitative estimate of drug-likeness (QED) is 0.322. The van der Waals surface area contributed by atoms with Crippen molar-refractivity contribution in [2.75, 3.05) is 53.6 Å². The van der Waals surface area contributed by atoms with Gasteiger partial charge in [-0.25, -0.2) is 0 Å². The van der Waals surface area contributed by atoms with Crippen LogP contribution in [0.4, 0.5) is 0 Å². The number of ether oxygens (including phenoxy) is 3. The minimum Gasteiger partial charge on any atom is -0.493 e. The molecule has 1 aliphatic rings. The summed E-state index contributed by atoms with van der Waals surface area (Å²) in [4.78, 5) is 20.2. The molecule has 1 fully saturated rings. The zero-order valence-electron chi connectivity index (χ0n) is 20.2. The molecule has 3 aromatic rings. The van der Waals surface area contributed by atoms with Crippen molar-refractivity contribution in [1.82, 2.24) is 20.1 Å². The highest BCUT2D eigenvalue weighted by Crippen LogP contribution is 2.31. The van der Waals surface area contributed by atoms with Gasteiger partial charge in [-0.05, 0) is 49.4 Å². The van der Waals surface area contributed by atoms with Gasteiger partial charge in [0.25, 0.3) is 5.56 Å². The molecule has 0 atom stereocenters. The number of aromatic amines is 1. The fraction of sp³-hybridized carbons (Fsp3) is 0.440. The van der Waals surface area contributed by atoms with Crippen LogP contribution in [-0.2, 0) is 17.8 Å². The Bertz CT molecular complexity index is 1170. The van der Waals surface area contributed by atoms with E-state index in [4.69, 9.17) is 30.8 Å². The van der Waals surface area contributed by atoms with Crippen molar-refractivity contribution in [3.8, 4) is 11.5 Å². The first-order valence-corrected chi connectivity index (χ1v) is 12.1. The Labute approximate surface area is 209 Å². The van der Waals surface area contributed by atoms with Crippen LogP contribution in [0.15, 0.2) is 45.8 Å². The largest absolute Gasteiger partial charge is 0.493 e. The van der Waals surface area contributed by atoms with Crippen LogP contribution in [0.5, 0.6) is 11.5 Å². The van der Waals surface area contributed by atoms with E-state index in [0.29, 0.717) is 40.8 Å². The number of morpholine rings is 1.